The molecule has 1 aromatic heterocycles. The largest absolute Gasteiger partial charge is 0.497 e. The lowest BCUT2D eigenvalue weighted by molar-refractivity contribution is -0.118. The highest BCUT2D eigenvalue weighted by molar-refractivity contribution is 6.05. The van der Waals surface area contributed by atoms with Gasteiger partial charge >= 0.3 is 0 Å². The molecule has 2 aromatic carbocycles. The quantitative estimate of drug-likeness (QED) is 0.489. The summed E-state index contributed by atoms with van der Waals surface area (Å²) in [7, 11) is 3.15. The molecule has 0 aliphatic heterocycles. The second kappa shape index (κ2) is 10.9. The van der Waals surface area contributed by atoms with E-state index in [4.69, 9.17) is 13.9 Å². The lowest BCUT2D eigenvalue weighted by Crippen LogP contribution is -2.36. The number of ether oxygens (including phenoxy) is 2. The Hall–Kier alpha value is -4.00. The molecule has 3 aromatic rings. The molecular weight excluding hydrogens is 408 g/mol. The molecule has 1 heterocycles. The standard InChI is InChI=1S/C25H26N2O5/c1-4-22(17-7-11-19(30-2)12-8-17)26-25(29)23(16-21-6-5-15-32-21)27-24(28)18-9-13-20(31-3)14-10-18/h5-16,22H,4H2,1-3H3,(H,26,29)(H,27,28)/b23-16-/t22-/m1/s1. The van der Waals surface area contributed by atoms with Crippen molar-refractivity contribution >= 4 is 17.9 Å². The molecule has 0 radical (unpaired) electrons. The normalized spacial score (nSPS) is 12.0. The SMILES string of the molecule is CC[C@@H](NC(=O)/C(=C/c1ccco1)NC(=O)c1ccc(OC)cc1)c1ccc(OC)cc1. The summed E-state index contributed by atoms with van der Waals surface area (Å²) in [5.41, 5.74) is 1.40. The van der Waals surface area contributed by atoms with Crippen LogP contribution in [0.3, 0.4) is 0 Å². The van der Waals surface area contributed by atoms with Crippen LogP contribution in [0.4, 0.5) is 0 Å². The van der Waals surface area contributed by atoms with Crippen LogP contribution in [0.25, 0.3) is 6.08 Å². The van der Waals surface area contributed by atoms with Crippen LogP contribution in [0.2, 0.25) is 0 Å². The second-order valence-electron chi connectivity index (χ2n) is 6.96. The molecule has 0 bridgehead atoms. The van der Waals surface area contributed by atoms with E-state index in [0.29, 0.717) is 23.5 Å². The Morgan fingerprint density at radius 3 is 2.12 bits per heavy atom. The topological polar surface area (TPSA) is 89.8 Å². The van der Waals surface area contributed by atoms with Gasteiger partial charge in [0.2, 0.25) is 0 Å². The molecule has 0 spiro atoms. The molecule has 0 saturated carbocycles. The summed E-state index contributed by atoms with van der Waals surface area (Å²) in [6.07, 6.45) is 3.66. The molecule has 2 N–H and O–H groups in total. The molecule has 0 unspecified atom stereocenters. The second-order valence-corrected chi connectivity index (χ2v) is 6.96. The van der Waals surface area contributed by atoms with Crippen molar-refractivity contribution in [1.82, 2.24) is 10.6 Å². The molecule has 166 valence electrons. The molecular formula is C25H26N2O5. The average molecular weight is 434 g/mol. The lowest BCUT2D eigenvalue weighted by atomic mass is 10.0. The maximum Gasteiger partial charge on any atom is 0.268 e. The van der Waals surface area contributed by atoms with E-state index in [1.54, 1.807) is 50.6 Å². The van der Waals surface area contributed by atoms with Gasteiger partial charge in [-0.15, -0.1) is 0 Å². The van der Waals surface area contributed by atoms with Crippen LogP contribution in [-0.2, 0) is 4.79 Å². The van der Waals surface area contributed by atoms with Crippen LogP contribution in [0.5, 0.6) is 11.5 Å². The van der Waals surface area contributed by atoms with Crippen molar-refractivity contribution in [3.8, 4) is 11.5 Å². The zero-order chi connectivity index (χ0) is 22.9. The summed E-state index contributed by atoms with van der Waals surface area (Å²) in [5.74, 6) is 0.975. The summed E-state index contributed by atoms with van der Waals surface area (Å²) in [6.45, 7) is 1.97. The molecule has 7 heteroatoms. The van der Waals surface area contributed by atoms with Gasteiger partial charge in [-0.25, -0.2) is 0 Å². The van der Waals surface area contributed by atoms with Crippen LogP contribution in [0.1, 0.15) is 41.1 Å². The number of carbonyl (C=O) groups excluding carboxylic acids is 2. The Morgan fingerprint density at radius 1 is 0.969 bits per heavy atom. The first-order valence-corrected chi connectivity index (χ1v) is 10.2. The van der Waals surface area contributed by atoms with Crippen molar-refractivity contribution in [3.63, 3.8) is 0 Å². The summed E-state index contributed by atoms with van der Waals surface area (Å²) in [6, 6.07) is 17.3. The number of hydrogen-bond acceptors (Lipinski definition) is 5. The van der Waals surface area contributed by atoms with Gasteiger partial charge in [0.15, 0.2) is 0 Å². The highest BCUT2D eigenvalue weighted by atomic mass is 16.5. The summed E-state index contributed by atoms with van der Waals surface area (Å²) in [4.78, 5) is 25.9. The van der Waals surface area contributed by atoms with Crippen molar-refractivity contribution in [2.75, 3.05) is 14.2 Å². The number of benzene rings is 2. The lowest BCUT2D eigenvalue weighted by Gasteiger charge is -2.19. The number of amides is 2. The van der Waals surface area contributed by atoms with Crippen LogP contribution in [0.15, 0.2) is 77.0 Å². The molecule has 0 aliphatic rings. The number of methoxy groups -OCH3 is 2. The molecule has 0 aliphatic carbocycles. The van der Waals surface area contributed by atoms with E-state index >= 15 is 0 Å². The van der Waals surface area contributed by atoms with E-state index < -0.39 is 11.8 Å². The Balaban J connectivity index is 1.80. The first kappa shape index (κ1) is 22.7. The van der Waals surface area contributed by atoms with Gasteiger partial charge in [0.05, 0.1) is 26.5 Å². The van der Waals surface area contributed by atoms with Crippen molar-refractivity contribution in [2.24, 2.45) is 0 Å². The van der Waals surface area contributed by atoms with E-state index in [0.717, 1.165) is 11.3 Å². The zero-order valence-corrected chi connectivity index (χ0v) is 18.3. The van der Waals surface area contributed by atoms with Gasteiger partial charge in [0, 0.05) is 11.6 Å². The van der Waals surface area contributed by atoms with Crippen LogP contribution >= 0.6 is 0 Å². The molecule has 0 fully saturated rings. The van der Waals surface area contributed by atoms with E-state index in [-0.39, 0.29) is 11.7 Å². The number of rotatable bonds is 9. The monoisotopic (exact) mass is 434 g/mol. The number of furan rings is 1. The fourth-order valence-electron chi connectivity index (χ4n) is 3.10. The van der Waals surface area contributed by atoms with Crippen LogP contribution in [0, 0.1) is 0 Å². The molecule has 32 heavy (non-hydrogen) atoms. The van der Waals surface area contributed by atoms with E-state index in [1.165, 1.54) is 12.3 Å². The molecule has 2 amide bonds. The van der Waals surface area contributed by atoms with Crippen LogP contribution < -0.4 is 20.1 Å². The fraction of sp³-hybridized carbons (Fsp3) is 0.200. The van der Waals surface area contributed by atoms with Crippen molar-refractivity contribution < 1.29 is 23.5 Å². The van der Waals surface area contributed by atoms with Gasteiger partial charge in [-0.05, 0) is 60.5 Å². The Bertz CT molecular complexity index is 1050. The van der Waals surface area contributed by atoms with Crippen molar-refractivity contribution in [1.29, 1.82) is 0 Å². The Kier molecular flexibility index (Phi) is 7.70. The van der Waals surface area contributed by atoms with Gasteiger partial charge in [0.25, 0.3) is 11.8 Å². The summed E-state index contributed by atoms with van der Waals surface area (Å²) >= 11 is 0. The third kappa shape index (κ3) is 5.78. The summed E-state index contributed by atoms with van der Waals surface area (Å²) in [5, 5.41) is 5.68. The minimum Gasteiger partial charge on any atom is -0.497 e. The van der Waals surface area contributed by atoms with Gasteiger partial charge in [0.1, 0.15) is 23.0 Å². The minimum absolute atomic E-state index is 0.0766. The molecule has 3 rings (SSSR count). The van der Waals surface area contributed by atoms with Gasteiger partial charge < -0.3 is 24.5 Å². The smallest absolute Gasteiger partial charge is 0.268 e. The molecule has 7 nitrogen and oxygen atoms in total. The van der Waals surface area contributed by atoms with E-state index in [1.807, 2.05) is 31.2 Å². The van der Waals surface area contributed by atoms with Gasteiger partial charge in [-0.2, -0.15) is 0 Å². The minimum atomic E-state index is -0.425. The predicted molar refractivity (Wildman–Crippen MR) is 121 cm³/mol. The highest BCUT2D eigenvalue weighted by Gasteiger charge is 2.19. The molecule has 0 saturated heterocycles. The van der Waals surface area contributed by atoms with Gasteiger partial charge in [-0.3, -0.25) is 9.59 Å². The first-order chi connectivity index (χ1) is 15.5. The van der Waals surface area contributed by atoms with Crippen LogP contribution in [-0.4, -0.2) is 26.0 Å². The number of hydrogen-bond donors (Lipinski definition) is 2. The predicted octanol–water partition coefficient (Wildman–Crippen LogP) is 4.34. The maximum absolute atomic E-state index is 13.1. The molecule has 1 atom stereocenters. The zero-order valence-electron chi connectivity index (χ0n) is 18.3. The maximum atomic E-state index is 13.1. The van der Waals surface area contributed by atoms with Crippen molar-refractivity contribution in [3.05, 3.63) is 89.5 Å². The summed E-state index contributed by atoms with van der Waals surface area (Å²) < 4.78 is 15.7. The number of carbonyl (C=O) groups is 2. The third-order valence-corrected chi connectivity index (χ3v) is 4.91. The van der Waals surface area contributed by atoms with E-state index in [2.05, 4.69) is 10.6 Å². The average Bonchev–Trinajstić information content (AvgIpc) is 3.35. The van der Waals surface area contributed by atoms with Gasteiger partial charge in [-0.1, -0.05) is 19.1 Å². The van der Waals surface area contributed by atoms with Crippen molar-refractivity contribution in [2.45, 2.75) is 19.4 Å². The third-order valence-electron chi connectivity index (χ3n) is 4.91. The number of nitrogens with one attached hydrogen (secondary N) is 2. The highest BCUT2D eigenvalue weighted by Crippen LogP contribution is 2.21. The fourth-order valence-corrected chi connectivity index (χ4v) is 3.10. The van der Waals surface area contributed by atoms with E-state index in [9.17, 15) is 9.59 Å². The Morgan fingerprint density at radius 2 is 1.59 bits per heavy atom. The Labute approximate surface area is 187 Å². The first-order valence-electron chi connectivity index (χ1n) is 10.2.